The minimum absolute atomic E-state index is 0.127. The molecule has 3 aromatic rings. The number of hydrogen-bond acceptors (Lipinski definition) is 4. The van der Waals surface area contributed by atoms with Crippen LogP contribution in [0.2, 0.25) is 5.02 Å². The predicted octanol–water partition coefficient (Wildman–Crippen LogP) is 3.48. The zero-order valence-electron chi connectivity index (χ0n) is 15.9. The molecule has 1 aliphatic rings. The maximum Gasteiger partial charge on any atom is 0.333 e. The normalized spacial score (nSPS) is 19.8. The van der Waals surface area contributed by atoms with Crippen molar-refractivity contribution in [2.75, 3.05) is 19.6 Å². The van der Waals surface area contributed by atoms with Crippen LogP contribution in [0.15, 0.2) is 61.1 Å². The van der Waals surface area contributed by atoms with Crippen LogP contribution in [0.1, 0.15) is 16.8 Å². The molecule has 29 heavy (non-hydrogen) atoms. The van der Waals surface area contributed by atoms with E-state index in [0.717, 1.165) is 23.5 Å². The van der Waals surface area contributed by atoms with Crippen molar-refractivity contribution in [3.05, 3.63) is 82.9 Å². The Morgan fingerprint density at radius 1 is 1.24 bits per heavy atom. The van der Waals surface area contributed by atoms with Crippen LogP contribution < -0.4 is 4.48 Å². The zero-order valence-corrected chi connectivity index (χ0v) is 16.6. The van der Waals surface area contributed by atoms with Gasteiger partial charge in [-0.25, -0.2) is 14.3 Å². The van der Waals surface area contributed by atoms with Gasteiger partial charge in [0.2, 0.25) is 0 Å². The van der Waals surface area contributed by atoms with Crippen LogP contribution in [0.3, 0.4) is 0 Å². The van der Waals surface area contributed by atoms with E-state index < -0.39 is 0 Å². The fourth-order valence-corrected chi connectivity index (χ4v) is 4.04. The van der Waals surface area contributed by atoms with Gasteiger partial charge >= 0.3 is 5.91 Å². The highest BCUT2D eigenvalue weighted by Gasteiger charge is 2.43. The Hall–Kier alpha value is -2.98. The number of aromatic amines is 1. The monoisotopic (exact) mass is 406 g/mol. The van der Waals surface area contributed by atoms with E-state index in [1.807, 2.05) is 36.4 Å². The highest BCUT2D eigenvalue weighted by Crippen LogP contribution is 2.32. The first-order valence-electron chi connectivity index (χ1n) is 9.44. The third kappa shape index (κ3) is 4.08. The quantitative estimate of drug-likeness (QED) is 0.658. The summed E-state index contributed by atoms with van der Waals surface area (Å²) in [5.74, 6) is 0.127. The number of H-pyrrole nitrogens is 1. The van der Waals surface area contributed by atoms with E-state index in [2.05, 4.69) is 20.9 Å². The largest absolute Gasteiger partial charge is 0.347 e. The second-order valence-electron chi connectivity index (χ2n) is 7.32. The Labute approximate surface area is 174 Å². The molecule has 1 saturated heterocycles. The number of amides is 1. The van der Waals surface area contributed by atoms with Crippen molar-refractivity contribution in [1.82, 2.24) is 19.4 Å². The maximum absolute atomic E-state index is 13.5. The van der Waals surface area contributed by atoms with Crippen LogP contribution in [0, 0.1) is 11.3 Å². The van der Waals surface area contributed by atoms with Gasteiger partial charge in [-0.05, 0) is 24.3 Å². The molecule has 6 nitrogen and oxygen atoms in total. The number of benzene rings is 2. The number of quaternary nitrogens is 1. The molecular weight excluding hydrogens is 386 g/mol. The number of imidazole rings is 1. The van der Waals surface area contributed by atoms with E-state index in [0.29, 0.717) is 36.8 Å². The van der Waals surface area contributed by atoms with E-state index in [4.69, 9.17) is 16.9 Å². The van der Waals surface area contributed by atoms with Gasteiger partial charge in [0.05, 0.1) is 18.0 Å². The molecular formula is C22H21ClN5O+. The number of aromatic nitrogens is 2. The number of hydrogen-bond donors (Lipinski definition) is 1. The lowest BCUT2D eigenvalue weighted by Gasteiger charge is -2.42. The molecule has 7 heteroatoms. The fraction of sp³-hybridized carbons (Fsp3) is 0.227. The van der Waals surface area contributed by atoms with E-state index in [9.17, 15) is 4.79 Å². The average molecular weight is 407 g/mol. The van der Waals surface area contributed by atoms with Gasteiger partial charge in [0.1, 0.15) is 25.3 Å². The topological polar surface area (TPSA) is 72.8 Å². The summed E-state index contributed by atoms with van der Waals surface area (Å²) in [6, 6.07) is 17.1. The Bertz CT molecular complexity index is 1040. The SMILES string of the molecule is N#Cc1ccc(C[N+]2(c3cccc(Cl)c3)CCN(Cc3cnc[nH]3)CC2=O)cc1. The minimum atomic E-state index is 0.127. The molecule has 1 aliphatic heterocycles. The number of rotatable bonds is 5. The molecule has 4 rings (SSSR count). The van der Waals surface area contributed by atoms with E-state index in [1.165, 1.54) is 0 Å². The summed E-state index contributed by atoms with van der Waals surface area (Å²) < 4.78 is 0.214. The number of nitrogens with one attached hydrogen (secondary N) is 1. The first-order valence-corrected chi connectivity index (χ1v) is 9.82. The van der Waals surface area contributed by atoms with Crippen molar-refractivity contribution >= 4 is 23.2 Å². The van der Waals surface area contributed by atoms with Crippen molar-refractivity contribution < 1.29 is 4.79 Å². The second kappa shape index (κ2) is 8.18. The predicted molar refractivity (Wildman–Crippen MR) is 112 cm³/mol. The Morgan fingerprint density at radius 2 is 2.07 bits per heavy atom. The number of nitriles is 1. The van der Waals surface area contributed by atoms with Crippen LogP contribution in [-0.4, -0.2) is 40.4 Å². The molecule has 0 bridgehead atoms. The highest BCUT2D eigenvalue weighted by molar-refractivity contribution is 6.30. The molecule has 1 aromatic heterocycles. The van der Waals surface area contributed by atoms with Crippen LogP contribution in [-0.2, 0) is 17.9 Å². The molecule has 0 saturated carbocycles. The molecule has 2 heterocycles. The molecule has 2 aromatic carbocycles. The first kappa shape index (κ1) is 19.3. The summed E-state index contributed by atoms with van der Waals surface area (Å²) in [4.78, 5) is 22.8. The molecule has 0 spiro atoms. The number of piperazine rings is 1. The van der Waals surface area contributed by atoms with Gasteiger partial charge in [0.25, 0.3) is 0 Å². The molecule has 1 atom stereocenters. The van der Waals surface area contributed by atoms with Gasteiger partial charge in [-0.1, -0.05) is 29.8 Å². The van der Waals surface area contributed by atoms with Crippen molar-refractivity contribution in [3.63, 3.8) is 0 Å². The molecule has 146 valence electrons. The lowest BCUT2D eigenvalue weighted by Crippen LogP contribution is -2.63. The highest BCUT2D eigenvalue weighted by atomic mass is 35.5. The van der Waals surface area contributed by atoms with E-state index in [-0.39, 0.29) is 10.4 Å². The average Bonchev–Trinajstić information content (AvgIpc) is 3.24. The lowest BCUT2D eigenvalue weighted by molar-refractivity contribution is -0.136. The summed E-state index contributed by atoms with van der Waals surface area (Å²) in [5, 5.41) is 9.67. The van der Waals surface area contributed by atoms with E-state index in [1.54, 1.807) is 24.7 Å². The van der Waals surface area contributed by atoms with Crippen molar-refractivity contribution in [2.45, 2.75) is 13.1 Å². The molecule has 0 aliphatic carbocycles. The van der Waals surface area contributed by atoms with Gasteiger partial charge in [-0.2, -0.15) is 5.26 Å². The zero-order chi connectivity index (χ0) is 20.3. The summed E-state index contributed by atoms with van der Waals surface area (Å²) in [7, 11) is 0. The summed E-state index contributed by atoms with van der Waals surface area (Å²) in [6.45, 7) is 2.96. The third-order valence-electron chi connectivity index (χ3n) is 5.42. The summed E-state index contributed by atoms with van der Waals surface area (Å²) in [5.41, 5.74) is 3.51. The van der Waals surface area contributed by atoms with E-state index >= 15 is 0 Å². The van der Waals surface area contributed by atoms with Crippen molar-refractivity contribution in [2.24, 2.45) is 0 Å². The van der Waals surface area contributed by atoms with Crippen LogP contribution >= 0.6 is 11.6 Å². The number of carbonyl (C=O) groups is 1. The number of nitrogens with zero attached hydrogens (tertiary/aromatic N) is 4. The summed E-state index contributed by atoms with van der Waals surface area (Å²) in [6.07, 6.45) is 3.44. The van der Waals surface area contributed by atoms with Crippen molar-refractivity contribution in [3.8, 4) is 6.07 Å². The Balaban J connectivity index is 1.64. The fourth-order valence-electron chi connectivity index (χ4n) is 3.86. The molecule has 1 unspecified atom stereocenters. The van der Waals surface area contributed by atoms with Crippen molar-refractivity contribution in [1.29, 1.82) is 5.26 Å². The molecule has 1 N–H and O–H groups in total. The van der Waals surface area contributed by atoms with Gasteiger partial charge in [-0.3, -0.25) is 4.90 Å². The number of halogens is 1. The molecule has 1 amide bonds. The Kier molecular flexibility index (Phi) is 5.45. The smallest absolute Gasteiger partial charge is 0.333 e. The second-order valence-corrected chi connectivity index (χ2v) is 7.76. The van der Waals surface area contributed by atoms with Gasteiger partial charge in [-0.15, -0.1) is 0 Å². The number of carbonyl (C=O) groups excluding carboxylic acids is 1. The first-order chi connectivity index (χ1) is 14.1. The molecule has 0 radical (unpaired) electrons. The lowest BCUT2D eigenvalue weighted by atomic mass is 10.1. The van der Waals surface area contributed by atoms with Crippen LogP contribution in [0.4, 0.5) is 5.69 Å². The van der Waals surface area contributed by atoms with Gasteiger partial charge < -0.3 is 4.98 Å². The molecule has 1 fully saturated rings. The third-order valence-corrected chi connectivity index (χ3v) is 5.66. The summed E-state index contributed by atoms with van der Waals surface area (Å²) >= 11 is 6.26. The van der Waals surface area contributed by atoms with Crippen LogP contribution in [0.5, 0.6) is 0 Å². The Morgan fingerprint density at radius 3 is 2.72 bits per heavy atom. The van der Waals surface area contributed by atoms with Gasteiger partial charge in [0, 0.05) is 41.6 Å². The van der Waals surface area contributed by atoms with Crippen LogP contribution in [0.25, 0.3) is 0 Å². The maximum atomic E-state index is 13.5. The standard InChI is InChI=1S/C22H21ClN5O/c23-19-2-1-3-21(10-19)28(15-18-6-4-17(11-24)5-7-18)9-8-27(14-22(28)29)13-20-12-25-16-26-20/h1-7,10,12,16H,8-9,13-15H2,(H,25,26)/q+1. The minimum Gasteiger partial charge on any atom is -0.347 e. The van der Waals surface area contributed by atoms with Gasteiger partial charge in [0.15, 0.2) is 0 Å².